The van der Waals surface area contributed by atoms with Crippen molar-refractivity contribution < 1.29 is 19.1 Å². The van der Waals surface area contributed by atoms with Crippen LogP contribution in [0.25, 0.3) is 21.9 Å². The van der Waals surface area contributed by atoms with Crippen LogP contribution in [0.15, 0.2) is 53.1 Å². The van der Waals surface area contributed by atoms with Crippen molar-refractivity contribution in [1.82, 2.24) is 20.1 Å². The number of aromatic amines is 1. The topological polar surface area (TPSA) is 129 Å². The summed E-state index contributed by atoms with van der Waals surface area (Å²) in [7, 11) is 1.46. The number of carbonyl (C=O) groups excluding carboxylic acids is 1. The van der Waals surface area contributed by atoms with E-state index >= 15 is 0 Å². The van der Waals surface area contributed by atoms with Gasteiger partial charge in [0.05, 0.1) is 11.6 Å². The fourth-order valence-corrected chi connectivity index (χ4v) is 5.19. The van der Waals surface area contributed by atoms with E-state index in [9.17, 15) is 14.9 Å². The smallest absolute Gasteiger partial charge is 0.407 e. The number of carboxylic acid groups (broad SMARTS) is 1. The third-order valence-electron chi connectivity index (χ3n) is 7.59. The van der Waals surface area contributed by atoms with Crippen LogP contribution in [-0.2, 0) is 6.42 Å². The summed E-state index contributed by atoms with van der Waals surface area (Å²) in [6.07, 6.45) is 4.26. The van der Waals surface area contributed by atoms with Gasteiger partial charge in [-0.15, -0.1) is 0 Å². The van der Waals surface area contributed by atoms with Gasteiger partial charge >= 0.3 is 6.09 Å². The zero-order chi connectivity index (χ0) is 28.1. The van der Waals surface area contributed by atoms with Crippen LogP contribution in [-0.4, -0.2) is 84.8 Å². The highest BCUT2D eigenvalue weighted by Gasteiger charge is 2.19. The van der Waals surface area contributed by atoms with Gasteiger partial charge in [-0.25, -0.2) is 4.79 Å². The van der Waals surface area contributed by atoms with E-state index in [2.05, 4.69) is 38.4 Å². The largest absolute Gasteiger partial charge is 0.465 e. The molecule has 0 aliphatic carbocycles. The number of carbonyl (C=O) groups is 2. The normalized spacial score (nSPS) is 13.9. The van der Waals surface area contributed by atoms with Gasteiger partial charge in [0.15, 0.2) is 5.76 Å². The predicted octanol–water partition coefficient (Wildman–Crippen LogP) is 4.27. The van der Waals surface area contributed by atoms with Crippen LogP contribution in [0.4, 0.5) is 10.5 Å². The molecule has 0 spiro atoms. The molecule has 0 radical (unpaired) electrons. The SMILES string of the molecule is CN(CCNC(=O)c1cc2cc(N3CCN(CCCCc4c[nH]c5ccc(C#N)cc45)CC3)ccc2o1)C(=O)O. The first kappa shape index (κ1) is 27.1. The van der Waals surface area contributed by atoms with E-state index in [1.807, 2.05) is 30.3 Å². The first-order valence-electron chi connectivity index (χ1n) is 13.6. The van der Waals surface area contributed by atoms with Crippen LogP contribution < -0.4 is 10.2 Å². The number of anilines is 1. The molecule has 0 unspecified atom stereocenters. The minimum Gasteiger partial charge on any atom is -0.465 e. The third-order valence-corrected chi connectivity index (χ3v) is 7.59. The van der Waals surface area contributed by atoms with Crippen LogP contribution in [0.5, 0.6) is 0 Å². The van der Waals surface area contributed by atoms with Crippen molar-refractivity contribution >= 4 is 39.6 Å². The zero-order valence-corrected chi connectivity index (χ0v) is 22.7. The second kappa shape index (κ2) is 12.1. The number of H-pyrrole nitrogens is 1. The van der Waals surface area contributed by atoms with Gasteiger partial charge in [-0.3, -0.25) is 9.69 Å². The number of furan rings is 1. The second-order valence-corrected chi connectivity index (χ2v) is 10.3. The molecule has 2 amide bonds. The van der Waals surface area contributed by atoms with Crippen LogP contribution in [0.2, 0.25) is 0 Å². The van der Waals surface area contributed by atoms with Crippen LogP contribution >= 0.6 is 0 Å². The minimum atomic E-state index is -1.04. The number of amides is 2. The lowest BCUT2D eigenvalue weighted by Crippen LogP contribution is -2.46. The molecule has 208 valence electrons. The van der Waals surface area contributed by atoms with Gasteiger partial charge in [0.1, 0.15) is 5.58 Å². The summed E-state index contributed by atoms with van der Waals surface area (Å²) in [6.45, 7) is 5.36. The Morgan fingerprint density at radius 2 is 1.95 bits per heavy atom. The van der Waals surface area contributed by atoms with Gasteiger partial charge in [-0.1, -0.05) is 0 Å². The number of likely N-dealkylation sites (N-methyl/N-ethyl adjacent to an activating group) is 1. The van der Waals surface area contributed by atoms with Gasteiger partial charge in [-0.05, 0) is 73.8 Å². The highest BCUT2D eigenvalue weighted by molar-refractivity contribution is 5.96. The van der Waals surface area contributed by atoms with E-state index in [1.54, 1.807) is 6.07 Å². The van der Waals surface area contributed by atoms with Gasteiger partial charge in [0.2, 0.25) is 0 Å². The fourth-order valence-electron chi connectivity index (χ4n) is 5.19. The Hall–Kier alpha value is -4.49. The highest BCUT2D eigenvalue weighted by atomic mass is 16.4. The molecule has 1 aliphatic heterocycles. The molecule has 2 aromatic heterocycles. The number of fused-ring (bicyclic) bond motifs is 2. The molecular formula is C30H34N6O4. The van der Waals surface area contributed by atoms with Gasteiger partial charge in [0, 0.05) is 74.5 Å². The van der Waals surface area contributed by atoms with Crippen molar-refractivity contribution in [3.8, 4) is 6.07 Å². The average Bonchev–Trinajstić information content (AvgIpc) is 3.59. The number of benzene rings is 2. The van der Waals surface area contributed by atoms with Crippen molar-refractivity contribution in [3.63, 3.8) is 0 Å². The van der Waals surface area contributed by atoms with E-state index in [1.165, 1.54) is 12.6 Å². The Labute approximate surface area is 232 Å². The van der Waals surface area contributed by atoms with E-state index in [0.29, 0.717) is 11.1 Å². The third kappa shape index (κ3) is 6.21. The summed E-state index contributed by atoms with van der Waals surface area (Å²) >= 11 is 0. The number of unbranched alkanes of at least 4 members (excludes halogenated alkanes) is 1. The number of nitrogens with one attached hydrogen (secondary N) is 2. The molecule has 0 saturated carbocycles. The molecule has 1 aliphatic rings. The molecule has 10 nitrogen and oxygen atoms in total. The summed E-state index contributed by atoms with van der Waals surface area (Å²) in [5, 5.41) is 22.8. The number of aromatic nitrogens is 1. The Bertz CT molecular complexity index is 1540. The van der Waals surface area contributed by atoms with Crippen molar-refractivity contribution in [2.45, 2.75) is 19.3 Å². The lowest BCUT2D eigenvalue weighted by atomic mass is 10.1. The monoisotopic (exact) mass is 542 g/mol. The number of hydrogen-bond acceptors (Lipinski definition) is 6. The van der Waals surface area contributed by atoms with Crippen LogP contribution in [0.3, 0.4) is 0 Å². The summed E-state index contributed by atoms with van der Waals surface area (Å²) in [5.74, 6) is -0.144. The Morgan fingerprint density at radius 1 is 1.12 bits per heavy atom. The number of piperazine rings is 1. The molecular weight excluding hydrogens is 508 g/mol. The lowest BCUT2D eigenvalue weighted by molar-refractivity contribution is 0.0921. The lowest BCUT2D eigenvalue weighted by Gasteiger charge is -2.36. The Kier molecular flexibility index (Phi) is 8.22. The molecule has 3 N–H and O–H groups in total. The highest BCUT2D eigenvalue weighted by Crippen LogP contribution is 2.26. The van der Waals surface area contributed by atoms with E-state index in [4.69, 9.17) is 9.52 Å². The molecule has 1 fully saturated rings. The fraction of sp³-hybridized carbons (Fsp3) is 0.367. The summed E-state index contributed by atoms with van der Waals surface area (Å²) in [5.41, 5.74) is 4.81. The molecule has 5 rings (SSSR count). The zero-order valence-electron chi connectivity index (χ0n) is 22.7. The molecule has 0 bridgehead atoms. The molecule has 4 aromatic rings. The maximum atomic E-state index is 12.4. The minimum absolute atomic E-state index is 0.200. The van der Waals surface area contributed by atoms with E-state index in [-0.39, 0.29) is 24.8 Å². The maximum Gasteiger partial charge on any atom is 0.407 e. The maximum absolute atomic E-state index is 12.4. The summed E-state index contributed by atoms with van der Waals surface area (Å²) < 4.78 is 5.73. The van der Waals surface area contributed by atoms with E-state index < -0.39 is 6.09 Å². The van der Waals surface area contributed by atoms with Crippen LogP contribution in [0, 0.1) is 11.3 Å². The van der Waals surface area contributed by atoms with Gasteiger partial charge < -0.3 is 29.6 Å². The second-order valence-electron chi connectivity index (χ2n) is 10.3. The predicted molar refractivity (Wildman–Crippen MR) is 154 cm³/mol. The Morgan fingerprint density at radius 3 is 2.73 bits per heavy atom. The number of nitriles is 1. The Balaban J connectivity index is 1.07. The first-order chi connectivity index (χ1) is 19.4. The van der Waals surface area contributed by atoms with Crippen molar-refractivity contribution in [2.75, 3.05) is 57.8 Å². The number of hydrogen-bond donors (Lipinski definition) is 3. The molecule has 0 atom stereocenters. The number of rotatable bonds is 10. The van der Waals surface area contributed by atoms with Crippen molar-refractivity contribution in [3.05, 3.63) is 65.5 Å². The molecule has 40 heavy (non-hydrogen) atoms. The average molecular weight is 543 g/mol. The van der Waals surface area contributed by atoms with Gasteiger partial charge in [-0.2, -0.15) is 5.26 Å². The summed E-state index contributed by atoms with van der Waals surface area (Å²) in [6, 6.07) is 15.7. The summed E-state index contributed by atoms with van der Waals surface area (Å²) in [4.78, 5) is 32.6. The quantitative estimate of drug-likeness (QED) is 0.255. The van der Waals surface area contributed by atoms with E-state index in [0.717, 1.165) is 78.9 Å². The molecule has 10 heteroatoms. The number of aryl methyl sites for hydroxylation is 1. The first-order valence-corrected chi connectivity index (χ1v) is 13.6. The van der Waals surface area contributed by atoms with Crippen molar-refractivity contribution in [1.29, 1.82) is 5.26 Å². The number of nitrogens with zero attached hydrogens (tertiary/aromatic N) is 4. The van der Waals surface area contributed by atoms with Crippen LogP contribution in [0.1, 0.15) is 34.5 Å². The standard InChI is InChI=1S/C30H34N6O4/c1-34(30(38)39)11-9-32-29(37)28-18-23-17-24(6-8-27(23)40-28)36-14-12-35(13-15-36)10-3-2-4-22-20-33-26-7-5-21(19-31)16-25(22)26/h5-8,16-18,20,33H,2-4,9-15H2,1H3,(H,32,37)(H,38,39). The molecule has 2 aromatic carbocycles. The van der Waals surface area contributed by atoms with Crippen molar-refractivity contribution in [2.24, 2.45) is 0 Å². The van der Waals surface area contributed by atoms with Gasteiger partial charge in [0.25, 0.3) is 5.91 Å². The molecule has 3 heterocycles. The molecule has 1 saturated heterocycles.